The molecule has 0 atom stereocenters. The van der Waals surface area contributed by atoms with Crippen molar-refractivity contribution in [3.8, 4) is 5.75 Å². The number of hydrogen-bond donors (Lipinski definition) is 0. The van der Waals surface area contributed by atoms with Crippen LogP contribution >= 0.6 is 0 Å². The van der Waals surface area contributed by atoms with Crippen LogP contribution in [0.15, 0.2) is 48.5 Å². The van der Waals surface area contributed by atoms with Crippen molar-refractivity contribution in [1.82, 2.24) is 0 Å². The molecule has 2 aromatic carbocycles. The largest absolute Gasteiger partial charge is 0.496 e. The number of methoxy groups -OCH3 is 1. The molecule has 2 aromatic rings. The van der Waals surface area contributed by atoms with Gasteiger partial charge in [0.25, 0.3) is 0 Å². The van der Waals surface area contributed by atoms with E-state index in [0.29, 0.717) is 5.56 Å². The zero-order valence-corrected chi connectivity index (χ0v) is 10.8. The molecule has 0 aromatic heterocycles. The van der Waals surface area contributed by atoms with E-state index in [0.717, 1.165) is 23.4 Å². The standard InChI is InChI=1S/C16H13F3O/c1-20-15-5-3-2-4-13(15)9-6-12-7-10-14(11-8-12)16(17,18)19/h2-11H,1H3/b9-6+. The van der Waals surface area contributed by atoms with Crippen LogP contribution in [0.5, 0.6) is 5.75 Å². The quantitative estimate of drug-likeness (QED) is 0.727. The monoisotopic (exact) mass is 278 g/mol. The maximum atomic E-state index is 12.4. The van der Waals surface area contributed by atoms with E-state index >= 15 is 0 Å². The number of hydrogen-bond acceptors (Lipinski definition) is 1. The Hall–Kier alpha value is -2.23. The first-order valence-corrected chi connectivity index (χ1v) is 5.99. The van der Waals surface area contributed by atoms with Gasteiger partial charge in [-0.15, -0.1) is 0 Å². The Bertz CT molecular complexity index is 598. The topological polar surface area (TPSA) is 9.23 Å². The maximum Gasteiger partial charge on any atom is 0.416 e. The second-order valence-electron chi connectivity index (χ2n) is 4.20. The van der Waals surface area contributed by atoms with E-state index in [-0.39, 0.29) is 0 Å². The molecule has 0 N–H and O–H groups in total. The van der Waals surface area contributed by atoms with Gasteiger partial charge >= 0.3 is 6.18 Å². The summed E-state index contributed by atoms with van der Waals surface area (Å²) in [6.45, 7) is 0. The predicted molar refractivity (Wildman–Crippen MR) is 73.4 cm³/mol. The van der Waals surface area contributed by atoms with Crippen LogP contribution in [-0.4, -0.2) is 7.11 Å². The molecule has 104 valence electrons. The van der Waals surface area contributed by atoms with Crippen molar-refractivity contribution in [2.45, 2.75) is 6.18 Å². The zero-order chi connectivity index (χ0) is 14.6. The molecule has 0 heterocycles. The molecule has 0 spiro atoms. The van der Waals surface area contributed by atoms with E-state index in [4.69, 9.17) is 4.74 Å². The van der Waals surface area contributed by atoms with Crippen LogP contribution in [0.3, 0.4) is 0 Å². The molecule has 0 fully saturated rings. The van der Waals surface area contributed by atoms with Crippen LogP contribution in [0.25, 0.3) is 12.2 Å². The van der Waals surface area contributed by atoms with Crippen LogP contribution < -0.4 is 4.74 Å². The highest BCUT2D eigenvalue weighted by Crippen LogP contribution is 2.29. The van der Waals surface area contributed by atoms with Gasteiger partial charge in [0, 0.05) is 5.56 Å². The lowest BCUT2D eigenvalue weighted by atomic mass is 10.1. The summed E-state index contributed by atoms with van der Waals surface area (Å²) in [5.41, 5.74) is 0.922. The van der Waals surface area contributed by atoms with Crippen LogP contribution in [0.1, 0.15) is 16.7 Å². The highest BCUT2D eigenvalue weighted by Gasteiger charge is 2.29. The Morgan fingerprint density at radius 1 is 0.900 bits per heavy atom. The van der Waals surface area contributed by atoms with Gasteiger partial charge in [-0.3, -0.25) is 0 Å². The molecule has 1 nitrogen and oxygen atoms in total. The van der Waals surface area contributed by atoms with Crippen LogP contribution in [0, 0.1) is 0 Å². The second kappa shape index (κ2) is 5.82. The van der Waals surface area contributed by atoms with E-state index in [9.17, 15) is 13.2 Å². The molecule has 0 aliphatic heterocycles. The van der Waals surface area contributed by atoms with E-state index in [1.807, 2.05) is 24.3 Å². The Morgan fingerprint density at radius 3 is 2.15 bits per heavy atom. The van der Waals surface area contributed by atoms with Crippen LogP contribution in [-0.2, 0) is 6.18 Å². The van der Waals surface area contributed by atoms with Gasteiger partial charge in [0.05, 0.1) is 12.7 Å². The summed E-state index contributed by atoms with van der Waals surface area (Å²) in [5.74, 6) is 0.718. The average Bonchev–Trinajstić information content (AvgIpc) is 2.45. The summed E-state index contributed by atoms with van der Waals surface area (Å²) in [6, 6.07) is 12.4. The van der Waals surface area contributed by atoms with Crippen molar-refractivity contribution in [3.05, 3.63) is 65.2 Å². The molecule has 20 heavy (non-hydrogen) atoms. The fraction of sp³-hybridized carbons (Fsp3) is 0.125. The SMILES string of the molecule is COc1ccccc1/C=C/c1ccc(C(F)(F)F)cc1. The molecule has 0 saturated heterocycles. The molecule has 4 heteroatoms. The summed E-state index contributed by atoms with van der Waals surface area (Å²) in [6.07, 6.45) is -0.746. The molecular formula is C16H13F3O. The van der Waals surface area contributed by atoms with E-state index in [1.54, 1.807) is 19.3 Å². The summed E-state index contributed by atoms with van der Waals surface area (Å²) in [4.78, 5) is 0. The van der Waals surface area contributed by atoms with Gasteiger partial charge in [-0.1, -0.05) is 42.5 Å². The normalized spacial score (nSPS) is 11.8. The summed E-state index contributed by atoms with van der Waals surface area (Å²) < 4.78 is 42.5. The molecule has 0 aliphatic rings. The first kappa shape index (κ1) is 14.2. The van der Waals surface area contributed by atoms with Gasteiger partial charge in [-0.05, 0) is 23.8 Å². The summed E-state index contributed by atoms with van der Waals surface area (Å²) in [5, 5.41) is 0. The lowest BCUT2D eigenvalue weighted by Gasteiger charge is -2.06. The molecule has 0 radical (unpaired) electrons. The molecule has 0 unspecified atom stereocenters. The van der Waals surface area contributed by atoms with Gasteiger partial charge in [0.2, 0.25) is 0 Å². The van der Waals surface area contributed by atoms with Gasteiger partial charge < -0.3 is 4.74 Å². The van der Waals surface area contributed by atoms with E-state index in [2.05, 4.69) is 0 Å². The Kier molecular flexibility index (Phi) is 4.13. The van der Waals surface area contributed by atoms with Crippen LogP contribution in [0.4, 0.5) is 13.2 Å². The molecular weight excluding hydrogens is 265 g/mol. The minimum absolute atomic E-state index is 0.646. The van der Waals surface area contributed by atoms with Crippen LogP contribution in [0.2, 0.25) is 0 Å². The van der Waals surface area contributed by atoms with Gasteiger partial charge in [0.15, 0.2) is 0 Å². The number of alkyl halides is 3. The van der Waals surface area contributed by atoms with Gasteiger partial charge in [-0.25, -0.2) is 0 Å². The van der Waals surface area contributed by atoms with E-state index < -0.39 is 11.7 Å². The molecule has 0 aliphatic carbocycles. The minimum Gasteiger partial charge on any atom is -0.496 e. The van der Waals surface area contributed by atoms with E-state index in [1.165, 1.54) is 12.1 Å². The smallest absolute Gasteiger partial charge is 0.416 e. The summed E-state index contributed by atoms with van der Waals surface area (Å²) >= 11 is 0. The van der Waals surface area contributed by atoms with Crippen molar-refractivity contribution < 1.29 is 17.9 Å². The third-order valence-electron chi connectivity index (χ3n) is 2.83. The maximum absolute atomic E-state index is 12.4. The lowest BCUT2D eigenvalue weighted by Crippen LogP contribution is -2.03. The summed E-state index contributed by atoms with van der Waals surface area (Å²) in [7, 11) is 1.57. The molecule has 2 rings (SSSR count). The second-order valence-corrected chi connectivity index (χ2v) is 4.20. The Labute approximate surface area is 115 Å². The third kappa shape index (κ3) is 3.41. The fourth-order valence-corrected chi connectivity index (χ4v) is 1.77. The first-order chi connectivity index (χ1) is 9.50. The number of halogens is 3. The molecule has 0 saturated carbocycles. The zero-order valence-electron chi connectivity index (χ0n) is 10.8. The highest BCUT2D eigenvalue weighted by molar-refractivity contribution is 5.72. The predicted octanol–water partition coefficient (Wildman–Crippen LogP) is 4.88. The third-order valence-corrected chi connectivity index (χ3v) is 2.83. The van der Waals surface area contributed by atoms with Gasteiger partial charge in [-0.2, -0.15) is 13.2 Å². The van der Waals surface area contributed by atoms with Crippen molar-refractivity contribution >= 4 is 12.2 Å². The minimum atomic E-state index is -4.30. The number of benzene rings is 2. The number of ether oxygens (including phenoxy) is 1. The molecule has 0 amide bonds. The Balaban J connectivity index is 2.20. The number of rotatable bonds is 3. The molecule has 0 bridgehead atoms. The average molecular weight is 278 g/mol. The first-order valence-electron chi connectivity index (χ1n) is 5.99. The number of para-hydroxylation sites is 1. The highest BCUT2D eigenvalue weighted by atomic mass is 19.4. The lowest BCUT2D eigenvalue weighted by molar-refractivity contribution is -0.137. The van der Waals surface area contributed by atoms with Crippen molar-refractivity contribution in [2.75, 3.05) is 7.11 Å². The fourth-order valence-electron chi connectivity index (χ4n) is 1.77. The van der Waals surface area contributed by atoms with Crippen molar-refractivity contribution in [2.24, 2.45) is 0 Å². The van der Waals surface area contributed by atoms with Gasteiger partial charge in [0.1, 0.15) is 5.75 Å². The van der Waals surface area contributed by atoms with Crippen molar-refractivity contribution in [1.29, 1.82) is 0 Å². The Morgan fingerprint density at radius 2 is 1.55 bits per heavy atom. The van der Waals surface area contributed by atoms with Crippen molar-refractivity contribution in [3.63, 3.8) is 0 Å².